The minimum atomic E-state index is -0.234. The Hall–Kier alpha value is -3.35. The Morgan fingerprint density at radius 3 is 1.93 bits per heavy atom. The molecule has 0 aromatic heterocycles. The fourth-order valence-electron chi connectivity index (χ4n) is 2.89. The number of benzene rings is 2. The Morgan fingerprint density at radius 2 is 1.39 bits per heavy atom. The smallest absolute Gasteiger partial charge is 0.203 e. The molecule has 0 aliphatic carbocycles. The van der Waals surface area contributed by atoms with Crippen molar-refractivity contribution in [1.29, 1.82) is 0 Å². The van der Waals surface area contributed by atoms with Crippen molar-refractivity contribution in [3.8, 4) is 34.5 Å². The highest BCUT2D eigenvalue weighted by Crippen LogP contribution is 2.39. The van der Waals surface area contributed by atoms with Crippen LogP contribution in [0.25, 0.3) is 6.08 Å². The van der Waals surface area contributed by atoms with Crippen LogP contribution in [-0.2, 0) is 0 Å². The second kappa shape index (κ2) is 8.56. The van der Waals surface area contributed by atoms with Crippen LogP contribution in [0.5, 0.6) is 34.5 Å². The molecule has 2 aromatic rings. The van der Waals surface area contributed by atoms with Crippen LogP contribution in [-0.4, -0.2) is 47.4 Å². The van der Waals surface area contributed by atoms with E-state index in [1.165, 1.54) is 34.5 Å². The third kappa shape index (κ3) is 3.83. The van der Waals surface area contributed by atoms with E-state index in [0.717, 1.165) is 5.56 Å². The number of carbonyl (C=O) groups is 1. The molecule has 1 heterocycles. The Bertz CT molecular complexity index is 877. The molecule has 0 radical (unpaired) electrons. The predicted octanol–water partition coefficient (Wildman–Crippen LogP) is 3.39. The van der Waals surface area contributed by atoms with Crippen LogP contribution >= 0.6 is 0 Å². The number of methoxy groups -OCH3 is 4. The zero-order valence-electron chi connectivity index (χ0n) is 16.2. The molecule has 0 unspecified atom stereocenters. The summed E-state index contributed by atoms with van der Waals surface area (Å²) in [5.41, 5.74) is 1.11. The summed E-state index contributed by atoms with van der Waals surface area (Å²) in [7, 11) is 6.12. The molecule has 148 valence electrons. The van der Waals surface area contributed by atoms with Gasteiger partial charge in [0, 0.05) is 6.07 Å². The Balaban J connectivity index is 1.92. The van der Waals surface area contributed by atoms with E-state index in [1.54, 1.807) is 30.3 Å². The van der Waals surface area contributed by atoms with E-state index in [1.807, 2.05) is 0 Å². The standard InChI is InChI=1S/C21H22O7/c1-23-16-12-18-17(27-7-8-28-18)11-14(16)15(22)6-5-13-9-19(24-2)21(26-4)20(10-13)25-3/h5-6,9-12H,7-8H2,1-4H3/b6-5+. The highest BCUT2D eigenvalue weighted by molar-refractivity contribution is 6.09. The molecule has 1 aliphatic heterocycles. The number of allylic oxidation sites excluding steroid dienone is 1. The lowest BCUT2D eigenvalue weighted by atomic mass is 10.1. The zero-order chi connectivity index (χ0) is 20.1. The number of hydrogen-bond acceptors (Lipinski definition) is 7. The summed E-state index contributed by atoms with van der Waals surface area (Å²) in [4.78, 5) is 12.8. The van der Waals surface area contributed by atoms with Crippen molar-refractivity contribution in [2.45, 2.75) is 0 Å². The number of ether oxygens (including phenoxy) is 6. The molecule has 0 spiro atoms. The molecule has 0 saturated carbocycles. The van der Waals surface area contributed by atoms with Crippen molar-refractivity contribution in [2.75, 3.05) is 41.7 Å². The fraction of sp³-hybridized carbons (Fsp3) is 0.286. The average Bonchev–Trinajstić information content (AvgIpc) is 2.75. The van der Waals surface area contributed by atoms with E-state index in [-0.39, 0.29) is 5.78 Å². The molecule has 7 heteroatoms. The highest BCUT2D eigenvalue weighted by Gasteiger charge is 2.19. The third-order valence-corrected chi connectivity index (χ3v) is 4.24. The quantitative estimate of drug-likeness (QED) is 0.533. The summed E-state index contributed by atoms with van der Waals surface area (Å²) in [6.07, 6.45) is 3.12. The molecule has 2 aromatic carbocycles. The van der Waals surface area contributed by atoms with Gasteiger partial charge in [-0.15, -0.1) is 0 Å². The van der Waals surface area contributed by atoms with Gasteiger partial charge in [-0.2, -0.15) is 0 Å². The van der Waals surface area contributed by atoms with Crippen LogP contribution in [0.3, 0.4) is 0 Å². The summed E-state index contributed by atoms with van der Waals surface area (Å²) < 4.78 is 32.4. The van der Waals surface area contributed by atoms with E-state index in [9.17, 15) is 4.79 Å². The molecule has 0 N–H and O–H groups in total. The molecule has 0 amide bonds. The number of fused-ring (bicyclic) bond motifs is 1. The molecular weight excluding hydrogens is 364 g/mol. The van der Waals surface area contributed by atoms with Crippen molar-refractivity contribution in [2.24, 2.45) is 0 Å². The second-order valence-corrected chi connectivity index (χ2v) is 5.85. The van der Waals surface area contributed by atoms with Crippen molar-refractivity contribution < 1.29 is 33.2 Å². The summed E-state index contributed by atoms with van der Waals surface area (Å²) >= 11 is 0. The lowest BCUT2D eigenvalue weighted by Gasteiger charge is -2.20. The summed E-state index contributed by atoms with van der Waals surface area (Å²) in [5.74, 6) is 2.77. The van der Waals surface area contributed by atoms with Crippen molar-refractivity contribution >= 4 is 11.9 Å². The van der Waals surface area contributed by atoms with Crippen LogP contribution < -0.4 is 28.4 Å². The molecule has 0 atom stereocenters. The largest absolute Gasteiger partial charge is 0.496 e. The van der Waals surface area contributed by atoms with Gasteiger partial charge in [0.15, 0.2) is 28.8 Å². The van der Waals surface area contributed by atoms with Gasteiger partial charge in [0.2, 0.25) is 5.75 Å². The molecule has 28 heavy (non-hydrogen) atoms. The molecular formula is C21H22O7. The van der Waals surface area contributed by atoms with Gasteiger partial charge in [-0.05, 0) is 29.8 Å². The van der Waals surface area contributed by atoms with Gasteiger partial charge in [0.25, 0.3) is 0 Å². The van der Waals surface area contributed by atoms with E-state index < -0.39 is 0 Å². The van der Waals surface area contributed by atoms with Crippen molar-refractivity contribution in [1.82, 2.24) is 0 Å². The maximum Gasteiger partial charge on any atom is 0.203 e. The van der Waals surface area contributed by atoms with Gasteiger partial charge in [0.1, 0.15) is 19.0 Å². The van der Waals surface area contributed by atoms with Crippen LogP contribution in [0.2, 0.25) is 0 Å². The Morgan fingerprint density at radius 1 is 0.821 bits per heavy atom. The first-order valence-corrected chi connectivity index (χ1v) is 8.61. The topological polar surface area (TPSA) is 72.5 Å². The lowest BCUT2D eigenvalue weighted by molar-refractivity contribution is 0.104. The molecule has 0 bridgehead atoms. The summed E-state index contributed by atoms with van der Waals surface area (Å²) in [6, 6.07) is 6.81. The first-order valence-electron chi connectivity index (χ1n) is 8.61. The molecule has 0 fully saturated rings. The predicted molar refractivity (Wildman–Crippen MR) is 103 cm³/mol. The highest BCUT2D eigenvalue weighted by atomic mass is 16.6. The molecule has 3 rings (SSSR count). The fourth-order valence-corrected chi connectivity index (χ4v) is 2.89. The third-order valence-electron chi connectivity index (χ3n) is 4.24. The van der Waals surface area contributed by atoms with Crippen molar-refractivity contribution in [3.63, 3.8) is 0 Å². The van der Waals surface area contributed by atoms with E-state index in [2.05, 4.69) is 0 Å². The first-order chi connectivity index (χ1) is 13.6. The Kier molecular flexibility index (Phi) is 5.93. The number of rotatable bonds is 7. The molecule has 7 nitrogen and oxygen atoms in total. The lowest BCUT2D eigenvalue weighted by Crippen LogP contribution is -2.16. The van der Waals surface area contributed by atoms with E-state index >= 15 is 0 Å². The minimum absolute atomic E-state index is 0.234. The first kappa shape index (κ1) is 19.4. The zero-order valence-corrected chi connectivity index (χ0v) is 16.2. The number of ketones is 1. The monoisotopic (exact) mass is 386 g/mol. The number of carbonyl (C=O) groups excluding carboxylic acids is 1. The average molecular weight is 386 g/mol. The second-order valence-electron chi connectivity index (χ2n) is 5.85. The maximum absolute atomic E-state index is 12.8. The van der Waals surface area contributed by atoms with Crippen LogP contribution in [0.4, 0.5) is 0 Å². The van der Waals surface area contributed by atoms with E-state index in [0.29, 0.717) is 53.3 Å². The maximum atomic E-state index is 12.8. The summed E-state index contributed by atoms with van der Waals surface area (Å²) in [6.45, 7) is 0.902. The Labute approximate surface area is 163 Å². The van der Waals surface area contributed by atoms with Gasteiger partial charge < -0.3 is 28.4 Å². The van der Waals surface area contributed by atoms with Crippen molar-refractivity contribution in [3.05, 3.63) is 41.5 Å². The minimum Gasteiger partial charge on any atom is -0.496 e. The van der Waals surface area contributed by atoms with Crippen LogP contribution in [0.15, 0.2) is 30.3 Å². The van der Waals surface area contributed by atoms with Gasteiger partial charge >= 0.3 is 0 Å². The van der Waals surface area contributed by atoms with Crippen LogP contribution in [0, 0.1) is 0 Å². The van der Waals surface area contributed by atoms with Gasteiger partial charge in [0.05, 0.1) is 34.0 Å². The SMILES string of the molecule is COc1cc2c(cc1C(=O)/C=C/c1cc(OC)c(OC)c(OC)c1)OCCO2. The van der Waals surface area contributed by atoms with Gasteiger partial charge in [-0.1, -0.05) is 6.08 Å². The normalized spacial score (nSPS) is 12.6. The van der Waals surface area contributed by atoms with Gasteiger partial charge in [-0.3, -0.25) is 4.79 Å². The molecule has 1 aliphatic rings. The van der Waals surface area contributed by atoms with Crippen LogP contribution in [0.1, 0.15) is 15.9 Å². The summed E-state index contributed by atoms with van der Waals surface area (Å²) in [5, 5.41) is 0. The van der Waals surface area contributed by atoms with E-state index in [4.69, 9.17) is 28.4 Å². The van der Waals surface area contributed by atoms with Gasteiger partial charge in [-0.25, -0.2) is 0 Å². The number of hydrogen-bond donors (Lipinski definition) is 0. The molecule has 0 saturated heterocycles.